The molecule has 7 nitrogen and oxygen atoms in total. The molecule has 1 aromatic carbocycles. The molecule has 1 aliphatic carbocycles. The molecule has 154 valence electrons. The van der Waals surface area contributed by atoms with Crippen molar-refractivity contribution in [1.29, 1.82) is 0 Å². The third-order valence-electron chi connectivity index (χ3n) is 5.88. The molecule has 3 atom stereocenters. The van der Waals surface area contributed by atoms with Gasteiger partial charge in [0.15, 0.2) is 12.1 Å². The van der Waals surface area contributed by atoms with E-state index >= 15 is 0 Å². The Hall–Kier alpha value is -3.00. The van der Waals surface area contributed by atoms with E-state index in [-0.39, 0.29) is 23.4 Å². The Morgan fingerprint density at radius 3 is 2.70 bits per heavy atom. The van der Waals surface area contributed by atoms with Crippen molar-refractivity contribution in [3.63, 3.8) is 0 Å². The number of benzene rings is 1. The van der Waals surface area contributed by atoms with Crippen molar-refractivity contribution in [2.45, 2.75) is 31.4 Å². The minimum Gasteiger partial charge on any atom is -0.472 e. The second-order valence-electron chi connectivity index (χ2n) is 7.63. The van der Waals surface area contributed by atoms with Crippen molar-refractivity contribution < 1.29 is 13.9 Å². The molecule has 4 heterocycles. The number of rotatable bonds is 5. The highest BCUT2D eigenvalue weighted by Crippen LogP contribution is 2.41. The third kappa shape index (κ3) is 3.31. The van der Waals surface area contributed by atoms with Gasteiger partial charge in [0.1, 0.15) is 11.8 Å². The monoisotopic (exact) mass is 427 g/mol. The standard InChI is InChI=1S/C21H19ClFN5O2/c22-14-2-6-20(24-10-14)30-19-9-13-1-4-18(19)27(11-13)17-5-3-16(23)21(15(17)12-29)28-25-7-8-26-28/h2-3,5-8,10,12-13,18-19H,1,4,9,11H2/t13-,18+,19-/m1/s1. The van der Waals surface area contributed by atoms with E-state index in [0.717, 1.165) is 30.6 Å². The topological polar surface area (TPSA) is 73.1 Å². The molecular weight excluding hydrogens is 409 g/mol. The van der Waals surface area contributed by atoms with Crippen molar-refractivity contribution in [2.75, 3.05) is 11.4 Å². The Bertz CT molecular complexity index is 1060. The second kappa shape index (κ2) is 7.68. The number of hydrogen-bond acceptors (Lipinski definition) is 6. The Kier molecular flexibility index (Phi) is 4.86. The fourth-order valence-corrected chi connectivity index (χ4v) is 4.71. The number of aromatic nitrogens is 4. The van der Waals surface area contributed by atoms with Crippen molar-refractivity contribution >= 4 is 23.6 Å². The molecule has 6 rings (SSSR count). The van der Waals surface area contributed by atoms with E-state index in [1.807, 2.05) is 0 Å². The highest BCUT2D eigenvalue weighted by atomic mass is 35.5. The summed E-state index contributed by atoms with van der Waals surface area (Å²) >= 11 is 5.92. The zero-order valence-electron chi connectivity index (χ0n) is 16.0. The lowest BCUT2D eigenvalue weighted by atomic mass is 9.77. The van der Waals surface area contributed by atoms with Crippen LogP contribution >= 0.6 is 11.6 Å². The van der Waals surface area contributed by atoms with Gasteiger partial charge < -0.3 is 9.64 Å². The summed E-state index contributed by atoms with van der Waals surface area (Å²) in [6.45, 7) is 0.789. The minimum absolute atomic E-state index is 0.0510. The summed E-state index contributed by atoms with van der Waals surface area (Å²) in [6.07, 6.45) is 7.99. The van der Waals surface area contributed by atoms with Gasteiger partial charge >= 0.3 is 0 Å². The highest BCUT2D eigenvalue weighted by molar-refractivity contribution is 6.30. The smallest absolute Gasteiger partial charge is 0.213 e. The third-order valence-corrected chi connectivity index (χ3v) is 6.11. The van der Waals surface area contributed by atoms with Gasteiger partial charge in [-0.1, -0.05) is 11.6 Å². The molecule has 0 N–H and O–H groups in total. The van der Waals surface area contributed by atoms with Crippen molar-refractivity contribution in [1.82, 2.24) is 20.0 Å². The Morgan fingerprint density at radius 1 is 1.17 bits per heavy atom. The van der Waals surface area contributed by atoms with E-state index in [0.29, 0.717) is 28.8 Å². The molecule has 3 fully saturated rings. The molecule has 0 spiro atoms. The Morgan fingerprint density at radius 2 is 2.00 bits per heavy atom. The molecule has 2 bridgehead atoms. The molecule has 0 radical (unpaired) electrons. The minimum atomic E-state index is -0.544. The maximum Gasteiger partial charge on any atom is 0.213 e. The van der Waals surface area contributed by atoms with Crippen LogP contribution in [0.3, 0.4) is 0 Å². The van der Waals surface area contributed by atoms with E-state index in [9.17, 15) is 9.18 Å². The first-order valence-corrected chi connectivity index (χ1v) is 10.2. The van der Waals surface area contributed by atoms with Crippen molar-refractivity contribution in [3.8, 4) is 11.6 Å². The molecule has 0 unspecified atom stereocenters. The van der Waals surface area contributed by atoms with Gasteiger partial charge in [0.2, 0.25) is 5.88 Å². The van der Waals surface area contributed by atoms with Crippen LogP contribution in [0.25, 0.3) is 5.69 Å². The first kappa shape index (κ1) is 19.0. The number of hydrogen-bond donors (Lipinski definition) is 0. The molecule has 2 aliphatic heterocycles. The van der Waals surface area contributed by atoms with Gasteiger partial charge in [-0.2, -0.15) is 10.2 Å². The van der Waals surface area contributed by atoms with Gasteiger partial charge in [-0.3, -0.25) is 4.79 Å². The van der Waals surface area contributed by atoms with Gasteiger partial charge in [0.05, 0.1) is 34.7 Å². The van der Waals surface area contributed by atoms with Gasteiger partial charge in [-0.15, -0.1) is 4.80 Å². The van der Waals surface area contributed by atoms with Gasteiger partial charge in [-0.05, 0) is 43.4 Å². The number of aldehydes is 1. The average Bonchev–Trinajstić information content (AvgIpc) is 3.29. The largest absolute Gasteiger partial charge is 0.472 e. The summed E-state index contributed by atoms with van der Waals surface area (Å²) in [5.74, 6) is 0.397. The fourth-order valence-electron chi connectivity index (χ4n) is 4.59. The summed E-state index contributed by atoms with van der Waals surface area (Å²) in [5.41, 5.74) is 0.971. The lowest BCUT2D eigenvalue weighted by Gasteiger charge is -2.50. The van der Waals surface area contributed by atoms with Crippen LogP contribution in [0.15, 0.2) is 42.9 Å². The van der Waals surface area contributed by atoms with Crippen LogP contribution in [0, 0.1) is 11.7 Å². The fraction of sp³-hybridized carbons (Fsp3) is 0.333. The predicted octanol–water partition coefficient (Wildman–Crippen LogP) is 3.70. The number of carbonyl (C=O) groups excluding carboxylic acids is 1. The van der Waals surface area contributed by atoms with Crippen LogP contribution in [0.2, 0.25) is 5.02 Å². The number of anilines is 1. The quantitative estimate of drug-likeness (QED) is 0.578. The van der Waals surface area contributed by atoms with Gasteiger partial charge in [-0.25, -0.2) is 9.37 Å². The van der Waals surface area contributed by atoms with Crippen LogP contribution in [0.4, 0.5) is 10.1 Å². The Labute approximate surface area is 177 Å². The van der Waals surface area contributed by atoms with Crippen molar-refractivity contribution in [3.05, 3.63) is 59.3 Å². The van der Waals surface area contributed by atoms with Crippen LogP contribution in [0.5, 0.6) is 5.88 Å². The normalized spacial score (nSPS) is 22.9. The molecule has 3 aromatic rings. The highest BCUT2D eigenvalue weighted by Gasteiger charge is 2.43. The Balaban J connectivity index is 1.50. The number of nitrogens with zero attached hydrogens (tertiary/aromatic N) is 5. The molecule has 2 aromatic heterocycles. The summed E-state index contributed by atoms with van der Waals surface area (Å²) in [6, 6.07) is 6.57. The van der Waals surface area contributed by atoms with Crippen LogP contribution < -0.4 is 9.64 Å². The van der Waals surface area contributed by atoms with Crippen molar-refractivity contribution in [2.24, 2.45) is 5.92 Å². The predicted molar refractivity (Wildman–Crippen MR) is 109 cm³/mol. The van der Waals surface area contributed by atoms with E-state index in [2.05, 4.69) is 20.1 Å². The van der Waals surface area contributed by atoms with Crippen LogP contribution in [0.1, 0.15) is 29.6 Å². The van der Waals surface area contributed by atoms with E-state index in [1.165, 1.54) is 18.5 Å². The molecule has 30 heavy (non-hydrogen) atoms. The van der Waals surface area contributed by atoms with Crippen LogP contribution in [-0.4, -0.2) is 45.0 Å². The summed E-state index contributed by atoms with van der Waals surface area (Å²) < 4.78 is 20.8. The SMILES string of the molecule is O=Cc1c(N2C[C@@H]3CC[C@H]2[C@H](Oc2ccc(Cl)cn2)C3)ccc(F)c1-n1nccn1. The summed E-state index contributed by atoms with van der Waals surface area (Å²) in [7, 11) is 0. The lowest BCUT2D eigenvalue weighted by Crippen LogP contribution is -2.58. The number of fused-ring (bicyclic) bond motifs is 3. The van der Waals surface area contributed by atoms with Crippen LogP contribution in [-0.2, 0) is 0 Å². The maximum atomic E-state index is 14.6. The number of ether oxygens (including phenoxy) is 1. The molecule has 9 heteroatoms. The first-order valence-electron chi connectivity index (χ1n) is 9.83. The zero-order valence-corrected chi connectivity index (χ0v) is 16.7. The molecule has 0 amide bonds. The van der Waals surface area contributed by atoms with Gasteiger partial charge in [0.25, 0.3) is 0 Å². The summed E-state index contributed by atoms with van der Waals surface area (Å²) in [5, 5.41) is 8.58. The number of piperidine rings is 2. The number of pyridine rings is 1. The number of carbonyl (C=O) groups is 1. The lowest BCUT2D eigenvalue weighted by molar-refractivity contribution is 0.0662. The molecule has 3 aliphatic rings. The first-order chi connectivity index (χ1) is 14.6. The van der Waals surface area contributed by atoms with E-state index in [1.54, 1.807) is 24.4 Å². The second-order valence-corrected chi connectivity index (χ2v) is 8.07. The maximum absolute atomic E-state index is 14.6. The molecular formula is C21H19ClFN5O2. The average molecular weight is 428 g/mol. The van der Waals surface area contributed by atoms with E-state index < -0.39 is 5.82 Å². The summed E-state index contributed by atoms with van der Waals surface area (Å²) in [4.78, 5) is 19.6. The van der Waals surface area contributed by atoms with Gasteiger partial charge in [0, 0.05) is 18.8 Å². The molecule has 1 saturated carbocycles. The molecule has 2 saturated heterocycles. The van der Waals surface area contributed by atoms with E-state index in [4.69, 9.17) is 16.3 Å². The zero-order chi connectivity index (χ0) is 20.7. The number of halogens is 2.